The number of anilines is 1. The first-order valence-electron chi connectivity index (χ1n) is 6.09. The third kappa shape index (κ3) is 5.71. The molecule has 2 N–H and O–H groups in total. The van der Waals surface area contributed by atoms with Crippen molar-refractivity contribution in [3.63, 3.8) is 0 Å². The molecule has 0 saturated carbocycles. The summed E-state index contributed by atoms with van der Waals surface area (Å²) in [7, 11) is 0. The summed E-state index contributed by atoms with van der Waals surface area (Å²) < 4.78 is 0. The van der Waals surface area contributed by atoms with E-state index in [0.29, 0.717) is 22.3 Å². The highest BCUT2D eigenvalue weighted by molar-refractivity contribution is 6.42. The highest BCUT2D eigenvalue weighted by Crippen LogP contribution is 2.24. The van der Waals surface area contributed by atoms with Crippen LogP contribution in [0, 0.1) is 0 Å². The smallest absolute Gasteiger partial charge is 0.238 e. The number of hydrogen-bond acceptors (Lipinski definition) is 2. The maximum absolute atomic E-state index is 11.6. The van der Waals surface area contributed by atoms with E-state index in [-0.39, 0.29) is 5.91 Å². The standard InChI is InChI=1S/C13H18Cl2N2O/c1-2-3-4-7-16-9-13(18)17-10-5-6-11(14)12(15)8-10/h5-6,8,16H,2-4,7,9H2,1H3,(H,17,18). The van der Waals surface area contributed by atoms with Crippen molar-refractivity contribution in [2.45, 2.75) is 26.2 Å². The number of hydrogen-bond donors (Lipinski definition) is 2. The first kappa shape index (κ1) is 15.3. The zero-order chi connectivity index (χ0) is 13.4. The zero-order valence-corrected chi connectivity index (χ0v) is 11.9. The van der Waals surface area contributed by atoms with Crippen molar-refractivity contribution < 1.29 is 4.79 Å². The lowest BCUT2D eigenvalue weighted by molar-refractivity contribution is -0.115. The Morgan fingerprint density at radius 3 is 2.67 bits per heavy atom. The predicted molar refractivity (Wildman–Crippen MR) is 77.5 cm³/mol. The molecule has 0 aromatic heterocycles. The number of nitrogens with one attached hydrogen (secondary N) is 2. The molecule has 1 aromatic carbocycles. The van der Waals surface area contributed by atoms with E-state index in [9.17, 15) is 4.79 Å². The third-order valence-electron chi connectivity index (χ3n) is 2.45. The van der Waals surface area contributed by atoms with Gasteiger partial charge in [-0.05, 0) is 31.2 Å². The van der Waals surface area contributed by atoms with Crippen LogP contribution in [0.4, 0.5) is 5.69 Å². The first-order chi connectivity index (χ1) is 8.63. The first-order valence-corrected chi connectivity index (χ1v) is 6.84. The third-order valence-corrected chi connectivity index (χ3v) is 3.19. The summed E-state index contributed by atoms with van der Waals surface area (Å²) in [5, 5.41) is 6.77. The van der Waals surface area contributed by atoms with Crippen LogP contribution in [-0.2, 0) is 4.79 Å². The topological polar surface area (TPSA) is 41.1 Å². The van der Waals surface area contributed by atoms with Crippen LogP contribution in [0.3, 0.4) is 0 Å². The van der Waals surface area contributed by atoms with Gasteiger partial charge in [0.05, 0.1) is 16.6 Å². The zero-order valence-electron chi connectivity index (χ0n) is 10.4. The van der Waals surface area contributed by atoms with Crippen molar-refractivity contribution in [2.75, 3.05) is 18.4 Å². The molecule has 0 spiro atoms. The van der Waals surface area contributed by atoms with Gasteiger partial charge in [-0.15, -0.1) is 0 Å². The molecular weight excluding hydrogens is 271 g/mol. The van der Waals surface area contributed by atoms with Gasteiger partial charge in [0.15, 0.2) is 0 Å². The van der Waals surface area contributed by atoms with Gasteiger partial charge in [-0.3, -0.25) is 4.79 Å². The van der Waals surface area contributed by atoms with Crippen LogP contribution >= 0.6 is 23.2 Å². The van der Waals surface area contributed by atoms with Gasteiger partial charge in [0.25, 0.3) is 0 Å². The molecule has 0 bridgehead atoms. The summed E-state index contributed by atoms with van der Waals surface area (Å²) in [6, 6.07) is 5.02. The van der Waals surface area contributed by atoms with Crippen molar-refractivity contribution in [3.05, 3.63) is 28.2 Å². The lowest BCUT2D eigenvalue weighted by atomic mass is 10.2. The van der Waals surface area contributed by atoms with E-state index in [1.54, 1.807) is 18.2 Å². The number of benzene rings is 1. The minimum Gasteiger partial charge on any atom is -0.325 e. The molecule has 0 aliphatic carbocycles. The van der Waals surface area contributed by atoms with E-state index in [1.807, 2.05) is 0 Å². The summed E-state index contributed by atoms with van der Waals surface area (Å²) >= 11 is 11.7. The van der Waals surface area contributed by atoms with Gasteiger partial charge in [0.2, 0.25) is 5.91 Å². The second-order valence-electron chi connectivity index (χ2n) is 4.06. The van der Waals surface area contributed by atoms with E-state index in [4.69, 9.17) is 23.2 Å². The second kappa shape index (κ2) is 8.35. The summed E-state index contributed by atoms with van der Waals surface area (Å²) in [5.41, 5.74) is 0.657. The molecule has 0 heterocycles. The Balaban J connectivity index is 2.29. The molecule has 18 heavy (non-hydrogen) atoms. The molecule has 0 saturated heterocycles. The normalized spacial score (nSPS) is 10.4. The number of unbranched alkanes of at least 4 members (excludes halogenated alkanes) is 2. The highest BCUT2D eigenvalue weighted by Gasteiger charge is 2.03. The Bertz CT molecular complexity index is 397. The van der Waals surface area contributed by atoms with Crippen molar-refractivity contribution >= 4 is 34.8 Å². The summed E-state index contributed by atoms with van der Waals surface area (Å²) in [6.45, 7) is 3.32. The maximum Gasteiger partial charge on any atom is 0.238 e. The highest BCUT2D eigenvalue weighted by atomic mass is 35.5. The van der Waals surface area contributed by atoms with E-state index >= 15 is 0 Å². The Morgan fingerprint density at radius 2 is 2.00 bits per heavy atom. The summed E-state index contributed by atoms with van der Waals surface area (Å²) in [6.07, 6.45) is 3.45. The Labute approximate surface area is 118 Å². The molecule has 0 fully saturated rings. The van der Waals surface area contributed by atoms with Gasteiger partial charge >= 0.3 is 0 Å². The second-order valence-corrected chi connectivity index (χ2v) is 4.88. The van der Waals surface area contributed by atoms with Gasteiger partial charge in [-0.1, -0.05) is 43.0 Å². The van der Waals surface area contributed by atoms with E-state index < -0.39 is 0 Å². The van der Waals surface area contributed by atoms with Crippen LogP contribution in [0.15, 0.2) is 18.2 Å². The summed E-state index contributed by atoms with van der Waals surface area (Å²) in [5.74, 6) is -0.0788. The van der Waals surface area contributed by atoms with E-state index in [1.165, 1.54) is 12.8 Å². The van der Waals surface area contributed by atoms with Crippen LogP contribution in [-0.4, -0.2) is 19.0 Å². The van der Waals surface area contributed by atoms with Gasteiger partial charge in [-0.25, -0.2) is 0 Å². The van der Waals surface area contributed by atoms with Crippen LogP contribution < -0.4 is 10.6 Å². The monoisotopic (exact) mass is 288 g/mol. The largest absolute Gasteiger partial charge is 0.325 e. The lowest BCUT2D eigenvalue weighted by Crippen LogP contribution is -2.28. The molecule has 0 aliphatic rings. The molecule has 0 unspecified atom stereocenters. The average molecular weight is 289 g/mol. The number of carbonyl (C=O) groups excluding carboxylic acids is 1. The average Bonchev–Trinajstić information content (AvgIpc) is 2.34. The molecule has 0 aliphatic heterocycles. The fourth-order valence-electron chi connectivity index (χ4n) is 1.48. The molecule has 3 nitrogen and oxygen atoms in total. The number of carbonyl (C=O) groups is 1. The van der Waals surface area contributed by atoms with Crippen molar-refractivity contribution in [2.24, 2.45) is 0 Å². The van der Waals surface area contributed by atoms with Gasteiger partial charge in [0, 0.05) is 5.69 Å². The van der Waals surface area contributed by atoms with Crippen molar-refractivity contribution in [3.8, 4) is 0 Å². The maximum atomic E-state index is 11.6. The SMILES string of the molecule is CCCCCNCC(=O)Nc1ccc(Cl)c(Cl)c1. The Hall–Kier alpha value is -0.770. The molecule has 1 aromatic rings. The molecule has 1 rings (SSSR count). The van der Waals surface area contributed by atoms with E-state index in [2.05, 4.69) is 17.6 Å². The number of amides is 1. The number of rotatable bonds is 7. The van der Waals surface area contributed by atoms with Crippen LogP contribution in [0.2, 0.25) is 10.0 Å². The molecule has 1 amide bonds. The molecular formula is C13H18Cl2N2O. The van der Waals surface area contributed by atoms with Gasteiger partial charge in [0.1, 0.15) is 0 Å². The summed E-state index contributed by atoms with van der Waals surface area (Å²) in [4.78, 5) is 11.6. The fraction of sp³-hybridized carbons (Fsp3) is 0.462. The molecule has 0 atom stereocenters. The van der Waals surface area contributed by atoms with Crippen LogP contribution in [0.25, 0.3) is 0 Å². The Morgan fingerprint density at radius 1 is 1.22 bits per heavy atom. The minimum absolute atomic E-state index is 0.0788. The predicted octanol–water partition coefficient (Wildman–Crippen LogP) is 3.71. The minimum atomic E-state index is -0.0788. The van der Waals surface area contributed by atoms with E-state index in [0.717, 1.165) is 13.0 Å². The number of halogens is 2. The molecule has 0 radical (unpaired) electrons. The van der Waals surface area contributed by atoms with Crippen LogP contribution in [0.5, 0.6) is 0 Å². The fourth-order valence-corrected chi connectivity index (χ4v) is 1.78. The quantitative estimate of drug-likeness (QED) is 0.751. The Kier molecular flexibility index (Phi) is 7.09. The van der Waals surface area contributed by atoms with Gasteiger partial charge in [-0.2, -0.15) is 0 Å². The molecule has 5 heteroatoms. The van der Waals surface area contributed by atoms with Crippen molar-refractivity contribution in [1.29, 1.82) is 0 Å². The van der Waals surface area contributed by atoms with Crippen molar-refractivity contribution in [1.82, 2.24) is 5.32 Å². The van der Waals surface area contributed by atoms with Crippen LogP contribution in [0.1, 0.15) is 26.2 Å². The lowest BCUT2D eigenvalue weighted by Gasteiger charge is -2.07. The molecule has 100 valence electrons. The van der Waals surface area contributed by atoms with Gasteiger partial charge < -0.3 is 10.6 Å².